The third-order valence-corrected chi connectivity index (χ3v) is 14.3. The van der Waals surface area contributed by atoms with Crippen LogP contribution in [0.25, 0.3) is 0 Å². The van der Waals surface area contributed by atoms with Crippen LogP contribution in [-0.2, 0) is 20.0 Å². The van der Waals surface area contributed by atoms with Crippen molar-refractivity contribution in [1.82, 2.24) is 0 Å². The maximum atomic E-state index is 13.9. The molecule has 2 atom stereocenters. The molecule has 0 aliphatic carbocycles. The minimum atomic E-state index is -3.94. The zero-order valence-corrected chi connectivity index (χ0v) is 33.5. The van der Waals surface area contributed by atoms with Crippen LogP contribution in [-0.4, -0.2) is 51.2 Å². The molecule has 0 unspecified atom stereocenters. The van der Waals surface area contributed by atoms with Crippen molar-refractivity contribution < 1.29 is 16.8 Å². The van der Waals surface area contributed by atoms with Gasteiger partial charge in [-0.25, -0.2) is 16.8 Å². The van der Waals surface area contributed by atoms with E-state index < -0.39 is 29.8 Å². The number of anilines is 2. The molecular formula is C34H36Br2Cl2N2O4S3. The van der Waals surface area contributed by atoms with E-state index >= 15 is 0 Å². The minimum Gasteiger partial charge on any atom is -0.265 e. The molecule has 4 aromatic carbocycles. The van der Waals surface area contributed by atoms with Crippen molar-refractivity contribution in [3.8, 4) is 0 Å². The fourth-order valence-electron chi connectivity index (χ4n) is 4.69. The van der Waals surface area contributed by atoms with Crippen molar-refractivity contribution in [3.05, 3.63) is 117 Å². The lowest BCUT2D eigenvalue weighted by molar-refractivity contribution is 0.583. The Hall–Kier alpha value is -1.73. The summed E-state index contributed by atoms with van der Waals surface area (Å²) in [5, 5.41) is 0. The van der Waals surface area contributed by atoms with E-state index in [-0.39, 0.29) is 22.9 Å². The van der Waals surface area contributed by atoms with Gasteiger partial charge in [-0.3, -0.25) is 8.61 Å². The third-order valence-electron chi connectivity index (χ3n) is 7.20. The highest BCUT2D eigenvalue weighted by Gasteiger charge is 2.36. The van der Waals surface area contributed by atoms with Gasteiger partial charge in [0.15, 0.2) is 0 Å². The Kier molecular flexibility index (Phi) is 12.5. The number of rotatable bonds is 14. The quantitative estimate of drug-likeness (QED) is 0.118. The van der Waals surface area contributed by atoms with E-state index in [1.165, 1.54) is 20.4 Å². The summed E-state index contributed by atoms with van der Waals surface area (Å²) in [5.41, 5.74) is 2.87. The maximum Gasteiger partial charge on any atom is 0.264 e. The SMILES string of the molecule is Cc1ccc(S(=O)(=O)N(C[C@@](C)(Cl)CSC[C@](C)(Cl)CN(c2ccc(Br)cc2)S(=O)(=O)c2ccc(C)cc2)c2ccc(Br)cc2)cc1. The van der Waals surface area contributed by atoms with Crippen molar-refractivity contribution in [2.24, 2.45) is 0 Å². The lowest BCUT2D eigenvalue weighted by Gasteiger charge is -2.34. The fraction of sp³-hybridized carbons (Fsp3) is 0.294. The normalized spacial score (nSPS) is 14.6. The molecule has 0 aromatic heterocycles. The molecule has 0 saturated carbocycles. The Morgan fingerprint density at radius 2 is 0.872 bits per heavy atom. The number of halogens is 4. The first-order chi connectivity index (χ1) is 21.9. The highest BCUT2D eigenvalue weighted by Crippen LogP contribution is 2.35. The molecule has 47 heavy (non-hydrogen) atoms. The molecule has 0 bridgehead atoms. The summed E-state index contributed by atoms with van der Waals surface area (Å²) in [4.78, 5) is -1.66. The molecule has 0 radical (unpaired) electrons. The smallest absolute Gasteiger partial charge is 0.264 e. The van der Waals surface area contributed by atoms with Gasteiger partial charge in [-0.2, -0.15) is 11.8 Å². The summed E-state index contributed by atoms with van der Waals surface area (Å²) < 4.78 is 59.9. The largest absolute Gasteiger partial charge is 0.265 e. The van der Waals surface area contributed by atoms with Gasteiger partial charge >= 0.3 is 0 Å². The Morgan fingerprint density at radius 3 is 1.17 bits per heavy atom. The van der Waals surface area contributed by atoms with Crippen molar-refractivity contribution >= 4 is 98.2 Å². The molecule has 0 amide bonds. The first-order valence-corrected chi connectivity index (χ1v) is 20.9. The van der Waals surface area contributed by atoms with Crippen molar-refractivity contribution in [2.45, 2.75) is 47.2 Å². The number of hydrogen-bond donors (Lipinski definition) is 0. The number of thioether (sulfide) groups is 1. The van der Waals surface area contributed by atoms with E-state index in [9.17, 15) is 16.8 Å². The van der Waals surface area contributed by atoms with Gasteiger partial charge in [-0.15, -0.1) is 23.2 Å². The van der Waals surface area contributed by atoms with Gasteiger partial charge in [-0.1, -0.05) is 67.3 Å². The second-order valence-electron chi connectivity index (χ2n) is 11.9. The summed E-state index contributed by atoms with van der Waals surface area (Å²) in [5.74, 6) is 0.687. The molecule has 252 valence electrons. The maximum absolute atomic E-state index is 13.9. The van der Waals surface area contributed by atoms with E-state index in [2.05, 4.69) is 31.9 Å². The summed E-state index contributed by atoms with van der Waals surface area (Å²) in [6.07, 6.45) is 0. The van der Waals surface area contributed by atoms with Crippen LogP contribution in [0.1, 0.15) is 25.0 Å². The number of sulfonamides is 2. The first kappa shape index (κ1) is 38.1. The molecule has 0 aliphatic rings. The average Bonchev–Trinajstić information content (AvgIpc) is 3.00. The molecule has 0 aliphatic heterocycles. The zero-order valence-electron chi connectivity index (χ0n) is 26.3. The van der Waals surface area contributed by atoms with Gasteiger partial charge in [0, 0.05) is 20.5 Å². The number of benzene rings is 4. The zero-order chi connectivity index (χ0) is 34.6. The average molecular weight is 864 g/mol. The van der Waals surface area contributed by atoms with Crippen LogP contribution in [0.4, 0.5) is 11.4 Å². The molecule has 6 nitrogen and oxygen atoms in total. The summed E-state index contributed by atoms with van der Waals surface area (Å²) >= 11 is 22.4. The lowest BCUT2D eigenvalue weighted by atomic mass is 10.2. The van der Waals surface area contributed by atoms with Gasteiger partial charge in [0.1, 0.15) is 0 Å². The molecule has 0 heterocycles. The molecule has 4 aromatic rings. The van der Waals surface area contributed by atoms with Crippen molar-refractivity contribution in [2.75, 3.05) is 33.2 Å². The van der Waals surface area contributed by atoms with Crippen molar-refractivity contribution in [3.63, 3.8) is 0 Å². The van der Waals surface area contributed by atoms with Gasteiger partial charge in [-0.05, 0) is 100 Å². The highest BCUT2D eigenvalue weighted by atomic mass is 79.9. The van der Waals surface area contributed by atoms with E-state index in [4.69, 9.17) is 23.2 Å². The van der Waals surface area contributed by atoms with Gasteiger partial charge < -0.3 is 0 Å². The Morgan fingerprint density at radius 1 is 0.574 bits per heavy atom. The fourth-order valence-corrected chi connectivity index (χ4v) is 10.4. The topological polar surface area (TPSA) is 74.8 Å². The van der Waals surface area contributed by atoms with Crippen LogP contribution >= 0.6 is 66.8 Å². The van der Waals surface area contributed by atoms with Gasteiger partial charge in [0.25, 0.3) is 20.0 Å². The molecule has 0 spiro atoms. The molecular weight excluding hydrogens is 827 g/mol. The molecule has 0 fully saturated rings. The second kappa shape index (κ2) is 15.4. The Bertz CT molecular complexity index is 1730. The predicted molar refractivity (Wildman–Crippen MR) is 206 cm³/mol. The van der Waals surface area contributed by atoms with Crippen LogP contribution in [0.15, 0.2) is 116 Å². The van der Waals surface area contributed by atoms with Crippen molar-refractivity contribution in [1.29, 1.82) is 0 Å². The number of alkyl halides is 2. The van der Waals surface area contributed by atoms with Crippen LogP contribution in [0.3, 0.4) is 0 Å². The lowest BCUT2D eigenvalue weighted by Crippen LogP contribution is -2.44. The summed E-state index contributed by atoms with van der Waals surface area (Å²) in [6, 6.07) is 27.5. The monoisotopic (exact) mass is 860 g/mol. The van der Waals surface area contributed by atoms with Crippen LogP contribution in [0.5, 0.6) is 0 Å². The van der Waals surface area contributed by atoms with Crippen LogP contribution in [0.2, 0.25) is 0 Å². The van der Waals surface area contributed by atoms with Gasteiger partial charge in [0.05, 0.1) is 44.0 Å². The van der Waals surface area contributed by atoms with Gasteiger partial charge in [0.2, 0.25) is 0 Å². The third kappa shape index (κ3) is 10.2. The van der Waals surface area contributed by atoms with Crippen LogP contribution in [0, 0.1) is 13.8 Å². The molecule has 4 rings (SSSR count). The number of hydrogen-bond acceptors (Lipinski definition) is 5. The molecule has 0 N–H and O–H groups in total. The first-order valence-electron chi connectivity index (χ1n) is 14.6. The molecule has 0 saturated heterocycles. The van der Waals surface area contributed by atoms with E-state index in [1.807, 2.05) is 13.8 Å². The standard InChI is InChI=1S/C34H36Br2Cl2N2O4S3/c1-25-5-17-31(18-6-25)46(41,42)39(29-13-9-27(35)10-14-29)21-33(3,37)23-45-24-34(4,38)22-40(30-15-11-28(36)12-16-30)47(43,44)32-19-7-26(2)8-20-32/h5-20H,21-24H2,1-4H3/t33-,34-/m1/s1. The van der Waals surface area contributed by atoms with Crippen LogP contribution < -0.4 is 8.61 Å². The van der Waals surface area contributed by atoms with E-state index in [0.29, 0.717) is 22.9 Å². The minimum absolute atomic E-state index is 0.00871. The van der Waals surface area contributed by atoms with E-state index in [1.54, 1.807) is 111 Å². The highest BCUT2D eigenvalue weighted by molar-refractivity contribution is 9.10. The summed E-state index contributed by atoms with van der Waals surface area (Å²) in [6.45, 7) is 7.36. The molecule has 13 heteroatoms. The number of nitrogens with zero attached hydrogens (tertiary/aromatic N) is 2. The number of aryl methyl sites for hydroxylation is 2. The Balaban J connectivity index is 1.53. The summed E-state index contributed by atoms with van der Waals surface area (Å²) in [7, 11) is -7.89. The van der Waals surface area contributed by atoms with E-state index in [0.717, 1.165) is 20.1 Å². The second-order valence-corrected chi connectivity index (χ2v) is 20.3. The predicted octanol–water partition coefficient (Wildman–Crippen LogP) is 9.65. The Labute approximate surface area is 310 Å².